The fraction of sp³-hybridized carbons (Fsp3) is 0.267. The second-order valence-corrected chi connectivity index (χ2v) is 6.30. The van der Waals surface area contributed by atoms with Crippen molar-refractivity contribution < 1.29 is 40.0 Å². The van der Waals surface area contributed by atoms with Crippen molar-refractivity contribution >= 4 is 26.9 Å². The Kier molecular flexibility index (Phi) is 5.12. The van der Waals surface area contributed by atoms with Gasteiger partial charge in [0.1, 0.15) is 11.3 Å². The summed E-state index contributed by atoms with van der Waals surface area (Å²) in [6.45, 7) is 1.44. The van der Waals surface area contributed by atoms with Crippen molar-refractivity contribution in [2.45, 2.75) is 12.4 Å². The number of alkyl halides is 3. The number of rotatable bonds is 5. The van der Waals surface area contributed by atoms with E-state index in [1.54, 1.807) is 0 Å². The van der Waals surface area contributed by atoms with Gasteiger partial charge in [-0.25, -0.2) is 4.79 Å². The van der Waals surface area contributed by atoms with Crippen molar-refractivity contribution in [3.8, 4) is 11.5 Å². The van der Waals surface area contributed by atoms with Crippen LogP contribution in [-0.4, -0.2) is 33.6 Å². The Labute approximate surface area is 141 Å². The zero-order valence-electron chi connectivity index (χ0n) is 13.1. The van der Waals surface area contributed by atoms with E-state index in [1.165, 1.54) is 38.3 Å². The highest BCUT2D eigenvalue weighted by Crippen LogP contribution is 2.33. The maximum Gasteiger partial charge on any atom is 0.534 e. The summed E-state index contributed by atoms with van der Waals surface area (Å²) in [5.74, 6) is -1.34. The van der Waals surface area contributed by atoms with Gasteiger partial charge in [-0.2, -0.15) is 21.6 Å². The summed E-state index contributed by atoms with van der Waals surface area (Å²) in [5.41, 5.74) is -6.08. The molecule has 10 heteroatoms. The molecule has 2 rings (SSSR count). The second kappa shape index (κ2) is 6.79. The Morgan fingerprint density at radius 3 is 2.36 bits per heavy atom. The third-order valence-electron chi connectivity index (χ3n) is 3.12. The van der Waals surface area contributed by atoms with Crippen LogP contribution in [0.5, 0.6) is 11.5 Å². The minimum atomic E-state index is -5.94. The standard InChI is InChI=1S/C15H13F3O6S/c1-3-23-14(19)12-7-10-6-11(22-2)5-4-9(10)8-13(12)24-25(20,21)15(16,17)18/h4-8H,3H2,1-2H3. The number of fused-ring (bicyclic) bond motifs is 1. The van der Waals surface area contributed by atoms with Crippen molar-refractivity contribution in [3.05, 3.63) is 35.9 Å². The van der Waals surface area contributed by atoms with Gasteiger partial charge in [0, 0.05) is 0 Å². The zero-order chi connectivity index (χ0) is 18.8. The molecule has 0 aliphatic rings. The van der Waals surface area contributed by atoms with Gasteiger partial charge in [0.2, 0.25) is 0 Å². The van der Waals surface area contributed by atoms with Crippen molar-refractivity contribution in [1.82, 2.24) is 0 Å². The quantitative estimate of drug-likeness (QED) is 0.451. The number of hydrogen-bond acceptors (Lipinski definition) is 6. The zero-order valence-corrected chi connectivity index (χ0v) is 13.9. The largest absolute Gasteiger partial charge is 0.534 e. The number of esters is 1. The lowest BCUT2D eigenvalue weighted by atomic mass is 10.1. The smallest absolute Gasteiger partial charge is 0.497 e. The summed E-state index contributed by atoms with van der Waals surface area (Å²) >= 11 is 0. The van der Waals surface area contributed by atoms with Gasteiger partial charge in [-0.05, 0) is 42.0 Å². The number of methoxy groups -OCH3 is 1. The SMILES string of the molecule is CCOC(=O)c1cc2cc(OC)ccc2cc1OS(=O)(=O)C(F)(F)F. The van der Waals surface area contributed by atoms with E-state index in [1.807, 2.05) is 0 Å². The minimum Gasteiger partial charge on any atom is -0.497 e. The van der Waals surface area contributed by atoms with Crippen LogP contribution in [0.15, 0.2) is 30.3 Å². The number of ether oxygens (including phenoxy) is 2. The number of carbonyl (C=O) groups excluding carboxylic acids is 1. The van der Waals surface area contributed by atoms with Crippen molar-refractivity contribution in [3.63, 3.8) is 0 Å². The van der Waals surface area contributed by atoms with E-state index in [0.717, 1.165) is 6.07 Å². The lowest BCUT2D eigenvalue weighted by Crippen LogP contribution is -2.28. The van der Waals surface area contributed by atoms with Gasteiger partial charge in [0.25, 0.3) is 0 Å². The molecule has 6 nitrogen and oxygen atoms in total. The minimum absolute atomic E-state index is 0.0551. The van der Waals surface area contributed by atoms with Crippen LogP contribution in [0.4, 0.5) is 13.2 Å². The molecule has 0 N–H and O–H groups in total. The molecule has 136 valence electrons. The molecule has 0 bridgehead atoms. The Hall–Kier alpha value is -2.49. The number of carbonyl (C=O) groups is 1. The van der Waals surface area contributed by atoms with Crippen molar-refractivity contribution in [2.75, 3.05) is 13.7 Å². The monoisotopic (exact) mass is 378 g/mol. The summed E-state index contributed by atoms with van der Waals surface area (Å²) in [7, 11) is -4.52. The molecule has 0 unspecified atom stereocenters. The number of halogens is 3. The molecule has 0 radical (unpaired) electrons. The van der Waals surface area contributed by atoms with Crippen LogP contribution in [-0.2, 0) is 14.9 Å². The topological polar surface area (TPSA) is 78.9 Å². The lowest BCUT2D eigenvalue weighted by Gasteiger charge is -2.14. The summed E-state index contributed by atoms with van der Waals surface area (Å²) < 4.78 is 74.2. The van der Waals surface area contributed by atoms with E-state index >= 15 is 0 Å². The van der Waals surface area contributed by atoms with Gasteiger partial charge < -0.3 is 13.7 Å². The highest BCUT2D eigenvalue weighted by Gasteiger charge is 2.49. The third-order valence-corrected chi connectivity index (χ3v) is 4.09. The highest BCUT2D eigenvalue weighted by molar-refractivity contribution is 7.88. The predicted octanol–water partition coefficient (Wildman–Crippen LogP) is 3.25. The maximum atomic E-state index is 12.6. The van der Waals surface area contributed by atoms with Gasteiger partial charge >= 0.3 is 21.6 Å². The molecule has 2 aromatic rings. The van der Waals surface area contributed by atoms with E-state index in [9.17, 15) is 26.4 Å². The molecule has 0 spiro atoms. The van der Waals surface area contributed by atoms with Gasteiger partial charge in [0.05, 0.1) is 13.7 Å². The molecule has 0 amide bonds. The predicted molar refractivity (Wildman–Crippen MR) is 82.1 cm³/mol. The van der Waals surface area contributed by atoms with Gasteiger partial charge in [-0.3, -0.25) is 0 Å². The first-order valence-electron chi connectivity index (χ1n) is 6.88. The molecule has 0 heterocycles. The molecule has 0 fully saturated rings. The lowest BCUT2D eigenvalue weighted by molar-refractivity contribution is -0.0500. The molecule has 0 aliphatic carbocycles. The Morgan fingerprint density at radius 2 is 1.80 bits per heavy atom. The molecule has 0 aromatic heterocycles. The normalized spacial score (nSPS) is 12.0. The van der Waals surface area contributed by atoms with Crippen LogP contribution < -0.4 is 8.92 Å². The fourth-order valence-corrected chi connectivity index (χ4v) is 2.45. The molecule has 0 saturated heterocycles. The fourth-order valence-electron chi connectivity index (χ4n) is 1.98. The van der Waals surface area contributed by atoms with Crippen LogP contribution in [0.3, 0.4) is 0 Å². The molecule has 2 aromatic carbocycles. The average Bonchev–Trinajstić information content (AvgIpc) is 2.52. The molecular weight excluding hydrogens is 365 g/mol. The van der Waals surface area contributed by atoms with Crippen LogP contribution in [0.2, 0.25) is 0 Å². The Balaban J connectivity index is 2.64. The number of hydrogen-bond donors (Lipinski definition) is 0. The second-order valence-electron chi connectivity index (χ2n) is 4.77. The van der Waals surface area contributed by atoms with Gasteiger partial charge in [0.15, 0.2) is 5.75 Å². The van der Waals surface area contributed by atoms with Gasteiger partial charge in [-0.1, -0.05) is 6.07 Å². The summed E-state index contributed by atoms with van der Waals surface area (Å²) in [4.78, 5) is 12.0. The highest BCUT2D eigenvalue weighted by atomic mass is 32.2. The van der Waals surface area contributed by atoms with E-state index < -0.39 is 32.9 Å². The third kappa shape index (κ3) is 3.95. The van der Waals surface area contributed by atoms with E-state index in [0.29, 0.717) is 16.5 Å². The van der Waals surface area contributed by atoms with E-state index in [2.05, 4.69) is 4.18 Å². The van der Waals surface area contributed by atoms with Gasteiger partial charge in [-0.15, -0.1) is 0 Å². The van der Waals surface area contributed by atoms with Crippen LogP contribution in [0.1, 0.15) is 17.3 Å². The van der Waals surface area contributed by atoms with Crippen LogP contribution in [0.25, 0.3) is 10.8 Å². The molecule has 0 atom stereocenters. The first-order chi connectivity index (χ1) is 11.6. The molecule has 0 aliphatic heterocycles. The summed E-state index contributed by atoms with van der Waals surface area (Å²) in [5, 5.41) is 0.778. The molecular formula is C15H13F3O6S. The Morgan fingerprint density at radius 1 is 1.12 bits per heavy atom. The van der Waals surface area contributed by atoms with E-state index in [4.69, 9.17) is 9.47 Å². The molecule has 0 saturated carbocycles. The van der Waals surface area contributed by atoms with Crippen molar-refractivity contribution in [1.29, 1.82) is 0 Å². The molecule has 25 heavy (non-hydrogen) atoms. The first kappa shape index (κ1) is 18.8. The number of benzene rings is 2. The summed E-state index contributed by atoms with van der Waals surface area (Å²) in [6.07, 6.45) is 0. The van der Waals surface area contributed by atoms with Crippen LogP contribution >= 0.6 is 0 Å². The average molecular weight is 378 g/mol. The summed E-state index contributed by atoms with van der Waals surface area (Å²) in [6, 6.07) is 6.73. The Bertz CT molecular complexity index is 905. The maximum absolute atomic E-state index is 12.6. The first-order valence-corrected chi connectivity index (χ1v) is 8.29. The van der Waals surface area contributed by atoms with E-state index in [-0.39, 0.29) is 6.61 Å². The van der Waals surface area contributed by atoms with Crippen LogP contribution in [0, 0.1) is 0 Å². The van der Waals surface area contributed by atoms with Crippen molar-refractivity contribution in [2.24, 2.45) is 0 Å².